The minimum atomic E-state index is 0.427. The zero-order chi connectivity index (χ0) is 11.4. The first-order valence-electron chi connectivity index (χ1n) is 6.08. The van der Waals surface area contributed by atoms with Crippen LogP contribution in [-0.4, -0.2) is 24.7 Å². The van der Waals surface area contributed by atoms with Crippen LogP contribution < -0.4 is 5.32 Å². The number of hydrogen-bond donors (Lipinski definition) is 1. The number of ether oxygens (including phenoxy) is 1. The lowest BCUT2D eigenvalue weighted by atomic mass is 10.0. The Kier molecular flexibility index (Phi) is 4.32. The Labute approximate surface area is 101 Å². The van der Waals surface area contributed by atoms with E-state index in [9.17, 15) is 0 Å². The molecule has 1 N–H and O–H groups in total. The van der Waals surface area contributed by atoms with E-state index in [-0.39, 0.29) is 0 Å². The number of thiazole rings is 1. The molecule has 3 nitrogen and oxygen atoms in total. The van der Waals surface area contributed by atoms with Crippen LogP contribution in [0.25, 0.3) is 0 Å². The Morgan fingerprint density at radius 3 is 3.00 bits per heavy atom. The maximum absolute atomic E-state index is 5.38. The highest BCUT2D eigenvalue weighted by molar-refractivity contribution is 7.11. The quantitative estimate of drug-likeness (QED) is 0.878. The summed E-state index contributed by atoms with van der Waals surface area (Å²) in [6, 6.07) is 0.427. The van der Waals surface area contributed by atoms with Crippen molar-refractivity contribution in [3.05, 3.63) is 16.1 Å². The summed E-state index contributed by atoms with van der Waals surface area (Å²) >= 11 is 1.86. The van der Waals surface area contributed by atoms with E-state index in [4.69, 9.17) is 4.74 Å². The molecule has 90 valence electrons. The average Bonchev–Trinajstić information content (AvgIpc) is 2.80. The average molecular weight is 240 g/mol. The minimum absolute atomic E-state index is 0.427. The predicted octanol–water partition coefficient (Wildman–Crippen LogP) is 2.71. The summed E-state index contributed by atoms with van der Waals surface area (Å²) in [5, 5.41) is 4.72. The Morgan fingerprint density at radius 2 is 2.31 bits per heavy atom. The van der Waals surface area contributed by atoms with Crippen LogP contribution in [0, 0.1) is 0 Å². The van der Waals surface area contributed by atoms with Crippen LogP contribution in [0.15, 0.2) is 6.20 Å². The highest BCUT2D eigenvalue weighted by Gasteiger charge is 2.20. The maximum atomic E-state index is 5.38. The van der Waals surface area contributed by atoms with E-state index in [1.54, 1.807) is 0 Å². The van der Waals surface area contributed by atoms with Crippen LogP contribution in [-0.2, 0) is 4.74 Å². The number of aromatic nitrogens is 1. The molecule has 0 bridgehead atoms. The van der Waals surface area contributed by atoms with Gasteiger partial charge in [-0.3, -0.25) is 0 Å². The van der Waals surface area contributed by atoms with Gasteiger partial charge in [-0.15, -0.1) is 11.3 Å². The van der Waals surface area contributed by atoms with Crippen LogP contribution in [0.5, 0.6) is 0 Å². The summed E-state index contributed by atoms with van der Waals surface area (Å²) in [4.78, 5) is 5.92. The molecule has 1 aliphatic rings. The fourth-order valence-electron chi connectivity index (χ4n) is 2.04. The molecule has 1 aromatic rings. The van der Waals surface area contributed by atoms with Crippen LogP contribution in [0.4, 0.5) is 0 Å². The van der Waals surface area contributed by atoms with E-state index >= 15 is 0 Å². The van der Waals surface area contributed by atoms with Crippen molar-refractivity contribution >= 4 is 11.3 Å². The van der Waals surface area contributed by atoms with Crippen molar-refractivity contribution in [2.24, 2.45) is 0 Å². The summed E-state index contributed by atoms with van der Waals surface area (Å²) in [5.74, 6) is 0.626. The normalized spacial score (nSPS) is 19.9. The molecular formula is C12H20N2OS. The Bertz CT molecular complexity index is 321. The van der Waals surface area contributed by atoms with Gasteiger partial charge in [-0.25, -0.2) is 4.98 Å². The zero-order valence-electron chi connectivity index (χ0n) is 10.0. The van der Waals surface area contributed by atoms with Crippen molar-refractivity contribution in [2.75, 3.05) is 19.8 Å². The molecule has 1 aliphatic heterocycles. The third-order valence-corrected chi connectivity index (χ3v) is 4.39. The van der Waals surface area contributed by atoms with Gasteiger partial charge in [0, 0.05) is 36.2 Å². The fraction of sp³-hybridized carbons (Fsp3) is 0.750. The Balaban J connectivity index is 2.00. The molecule has 16 heavy (non-hydrogen) atoms. The molecule has 0 radical (unpaired) electrons. The van der Waals surface area contributed by atoms with E-state index in [0.717, 1.165) is 32.6 Å². The second-order valence-electron chi connectivity index (χ2n) is 4.27. The van der Waals surface area contributed by atoms with Crippen LogP contribution in [0.1, 0.15) is 48.5 Å². The Hall–Kier alpha value is -0.450. The van der Waals surface area contributed by atoms with Gasteiger partial charge < -0.3 is 10.1 Å². The molecule has 0 amide bonds. The second kappa shape index (κ2) is 5.75. The number of nitrogens with one attached hydrogen (secondary N) is 1. The van der Waals surface area contributed by atoms with E-state index in [1.807, 2.05) is 17.5 Å². The molecule has 0 saturated carbocycles. The van der Waals surface area contributed by atoms with Crippen molar-refractivity contribution in [3.63, 3.8) is 0 Å². The molecule has 1 saturated heterocycles. The molecule has 1 atom stereocenters. The van der Waals surface area contributed by atoms with Gasteiger partial charge in [0.1, 0.15) is 0 Å². The van der Waals surface area contributed by atoms with Gasteiger partial charge in [-0.1, -0.05) is 6.92 Å². The van der Waals surface area contributed by atoms with Crippen molar-refractivity contribution < 1.29 is 4.74 Å². The molecule has 1 unspecified atom stereocenters. The van der Waals surface area contributed by atoms with E-state index in [1.165, 1.54) is 9.88 Å². The van der Waals surface area contributed by atoms with Crippen LogP contribution >= 0.6 is 11.3 Å². The van der Waals surface area contributed by atoms with Gasteiger partial charge in [-0.2, -0.15) is 0 Å². The number of nitrogens with zero attached hydrogens (tertiary/aromatic N) is 1. The number of rotatable bonds is 4. The molecule has 2 rings (SSSR count). The maximum Gasteiger partial charge on any atom is 0.0960 e. The van der Waals surface area contributed by atoms with Gasteiger partial charge in [0.25, 0.3) is 0 Å². The lowest BCUT2D eigenvalue weighted by Crippen LogP contribution is -2.16. The molecule has 0 aromatic carbocycles. The van der Waals surface area contributed by atoms with E-state index < -0.39 is 0 Å². The third-order valence-electron chi connectivity index (χ3n) is 3.05. The molecule has 0 spiro atoms. The smallest absolute Gasteiger partial charge is 0.0960 e. The third kappa shape index (κ3) is 2.81. The van der Waals surface area contributed by atoms with Crippen LogP contribution in [0.2, 0.25) is 0 Å². The van der Waals surface area contributed by atoms with Gasteiger partial charge in [0.05, 0.1) is 5.01 Å². The van der Waals surface area contributed by atoms with Gasteiger partial charge in [0.2, 0.25) is 0 Å². The van der Waals surface area contributed by atoms with Gasteiger partial charge >= 0.3 is 0 Å². The lowest BCUT2D eigenvalue weighted by molar-refractivity contribution is 0.0853. The highest BCUT2D eigenvalue weighted by atomic mass is 32.1. The predicted molar refractivity (Wildman–Crippen MR) is 67.0 cm³/mol. The summed E-state index contributed by atoms with van der Waals surface area (Å²) in [6.45, 7) is 7.12. The Morgan fingerprint density at radius 1 is 1.56 bits per heavy atom. The first-order chi connectivity index (χ1) is 7.81. The van der Waals surface area contributed by atoms with E-state index in [2.05, 4.69) is 24.1 Å². The van der Waals surface area contributed by atoms with Crippen molar-refractivity contribution in [2.45, 2.75) is 38.6 Å². The van der Waals surface area contributed by atoms with Crippen LogP contribution in [0.3, 0.4) is 0 Å². The summed E-state index contributed by atoms with van der Waals surface area (Å²) in [5.41, 5.74) is 0. The molecule has 4 heteroatoms. The fourth-order valence-corrected chi connectivity index (χ4v) is 3.16. The molecule has 1 aromatic heterocycles. The largest absolute Gasteiger partial charge is 0.381 e. The topological polar surface area (TPSA) is 34.2 Å². The SMILES string of the molecule is CCNC(C)c1cnc(C2CCOCC2)s1. The summed E-state index contributed by atoms with van der Waals surface area (Å²) in [6.07, 6.45) is 4.29. The molecular weight excluding hydrogens is 220 g/mol. The second-order valence-corrected chi connectivity index (χ2v) is 5.36. The number of hydrogen-bond acceptors (Lipinski definition) is 4. The van der Waals surface area contributed by atoms with Gasteiger partial charge in [0.15, 0.2) is 0 Å². The summed E-state index contributed by atoms with van der Waals surface area (Å²) < 4.78 is 5.38. The van der Waals surface area contributed by atoms with Crippen molar-refractivity contribution in [3.8, 4) is 0 Å². The lowest BCUT2D eigenvalue weighted by Gasteiger charge is -2.19. The van der Waals surface area contributed by atoms with E-state index in [0.29, 0.717) is 12.0 Å². The summed E-state index contributed by atoms with van der Waals surface area (Å²) in [7, 11) is 0. The minimum Gasteiger partial charge on any atom is -0.381 e. The first kappa shape index (κ1) is 12.0. The standard InChI is InChI=1S/C12H20N2OS/c1-3-13-9(2)11-8-14-12(16-11)10-4-6-15-7-5-10/h8-10,13H,3-7H2,1-2H3. The molecule has 1 fully saturated rings. The zero-order valence-corrected chi connectivity index (χ0v) is 10.8. The monoisotopic (exact) mass is 240 g/mol. The van der Waals surface area contributed by atoms with Gasteiger partial charge in [-0.05, 0) is 26.3 Å². The molecule has 2 heterocycles. The molecule has 0 aliphatic carbocycles. The highest BCUT2D eigenvalue weighted by Crippen LogP contribution is 2.31. The van der Waals surface area contributed by atoms with Crippen molar-refractivity contribution in [1.82, 2.24) is 10.3 Å². The van der Waals surface area contributed by atoms with Crippen molar-refractivity contribution in [1.29, 1.82) is 0 Å². The first-order valence-corrected chi connectivity index (χ1v) is 6.89.